The number of rotatable bonds is 13. The first-order valence-electron chi connectivity index (χ1n) is 11.8. The molecule has 0 heterocycles. The second-order valence-electron chi connectivity index (χ2n) is 8.53. The van der Waals surface area contributed by atoms with Crippen molar-refractivity contribution in [2.24, 2.45) is 5.92 Å². The van der Waals surface area contributed by atoms with Gasteiger partial charge in [0.15, 0.2) is 0 Å². The molecule has 0 aliphatic heterocycles. The molecule has 1 unspecified atom stereocenters. The first-order chi connectivity index (χ1) is 15.5. The fourth-order valence-electron chi connectivity index (χ4n) is 3.76. The first-order valence-corrected chi connectivity index (χ1v) is 11.8. The zero-order valence-corrected chi connectivity index (χ0v) is 20.1. The molecule has 5 nitrogen and oxygen atoms in total. The Morgan fingerprint density at radius 3 is 2.34 bits per heavy atom. The second-order valence-corrected chi connectivity index (χ2v) is 8.53. The highest BCUT2D eigenvalue weighted by molar-refractivity contribution is 5.70. The van der Waals surface area contributed by atoms with Crippen molar-refractivity contribution in [1.82, 2.24) is 0 Å². The molecule has 180 valence electrons. The SMILES string of the molecule is C=C(C)C=O.CCCCCC1CCC(O/C=C\Oc2ccc(C(CO)COC)cc2)CC1. The molecule has 1 aromatic carbocycles. The van der Waals surface area contributed by atoms with E-state index >= 15 is 0 Å². The van der Waals surface area contributed by atoms with Crippen LogP contribution < -0.4 is 4.74 Å². The topological polar surface area (TPSA) is 65.0 Å². The zero-order chi connectivity index (χ0) is 23.6. The number of carbonyl (C=O) groups is 1. The van der Waals surface area contributed by atoms with E-state index in [4.69, 9.17) is 14.2 Å². The van der Waals surface area contributed by atoms with Crippen LogP contribution in [0.25, 0.3) is 0 Å². The molecule has 1 atom stereocenters. The highest BCUT2D eigenvalue weighted by Gasteiger charge is 2.21. The molecule has 2 rings (SSSR count). The monoisotopic (exact) mass is 446 g/mol. The summed E-state index contributed by atoms with van der Waals surface area (Å²) in [5, 5.41) is 9.41. The van der Waals surface area contributed by atoms with Crippen molar-refractivity contribution in [1.29, 1.82) is 0 Å². The molecule has 1 aromatic rings. The van der Waals surface area contributed by atoms with Gasteiger partial charge >= 0.3 is 0 Å². The molecule has 1 N–H and O–H groups in total. The van der Waals surface area contributed by atoms with E-state index in [1.807, 2.05) is 24.3 Å². The van der Waals surface area contributed by atoms with Gasteiger partial charge in [-0.1, -0.05) is 51.3 Å². The fraction of sp³-hybridized carbons (Fsp3) is 0.593. The summed E-state index contributed by atoms with van der Waals surface area (Å²) in [4.78, 5) is 9.41. The molecular formula is C27H42O5. The summed E-state index contributed by atoms with van der Waals surface area (Å²) < 4.78 is 16.6. The van der Waals surface area contributed by atoms with E-state index in [1.165, 1.54) is 38.5 Å². The number of aliphatic hydroxyl groups is 1. The molecule has 1 aliphatic carbocycles. The summed E-state index contributed by atoms with van der Waals surface area (Å²) in [6.07, 6.45) is 14.7. The summed E-state index contributed by atoms with van der Waals surface area (Å²) in [5.74, 6) is 1.66. The maximum atomic E-state index is 9.41. The summed E-state index contributed by atoms with van der Waals surface area (Å²) in [5.41, 5.74) is 1.62. The minimum Gasteiger partial charge on any atom is -0.495 e. The van der Waals surface area contributed by atoms with Crippen molar-refractivity contribution < 1.29 is 24.1 Å². The second kappa shape index (κ2) is 17.4. The van der Waals surface area contributed by atoms with Crippen LogP contribution in [0.2, 0.25) is 0 Å². The van der Waals surface area contributed by atoms with Crippen LogP contribution in [-0.2, 0) is 14.3 Å². The van der Waals surface area contributed by atoms with E-state index in [-0.39, 0.29) is 12.5 Å². The minimum absolute atomic E-state index is 0.0000236. The fourth-order valence-corrected chi connectivity index (χ4v) is 3.76. The molecule has 0 saturated heterocycles. The molecule has 1 fully saturated rings. The first kappa shape index (κ1) is 27.9. The van der Waals surface area contributed by atoms with Crippen LogP contribution in [0.15, 0.2) is 48.9 Å². The van der Waals surface area contributed by atoms with E-state index < -0.39 is 0 Å². The van der Waals surface area contributed by atoms with Crippen LogP contribution in [0.3, 0.4) is 0 Å². The van der Waals surface area contributed by atoms with E-state index in [2.05, 4.69) is 13.5 Å². The standard InChI is InChI=1S/C23H36O4.C4H6O/c1-3-4-5-6-19-7-11-22(12-8-19)26-15-16-27-23-13-9-20(10-14-23)21(17-24)18-25-2;1-4(2)3-5/h9-10,13-16,19,21-22,24H,3-8,11-12,17-18H2,1-2H3;3H,1H2,2H3/b16-15-;. The van der Waals surface area contributed by atoms with Gasteiger partial charge < -0.3 is 19.3 Å². The van der Waals surface area contributed by atoms with E-state index in [1.54, 1.807) is 26.6 Å². The van der Waals surface area contributed by atoms with Gasteiger partial charge in [0.1, 0.15) is 24.6 Å². The number of aldehydes is 1. The van der Waals surface area contributed by atoms with Gasteiger partial charge in [0.2, 0.25) is 0 Å². The number of aliphatic hydroxyl groups excluding tert-OH is 1. The van der Waals surface area contributed by atoms with Crippen LogP contribution in [0.5, 0.6) is 5.75 Å². The van der Waals surface area contributed by atoms with Crippen LogP contribution >= 0.6 is 0 Å². The molecule has 1 aliphatic rings. The van der Waals surface area contributed by atoms with Gasteiger partial charge in [-0.15, -0.1) is 0 Å². The lowest BCUT2D eigenvalue weighted by atomic mass is 9.84. The molecule has 5 heteroatoms. The highest BCUT2D eigenvalue weighted by Crippen LogP contribution is 2.30. The van der Waals surface area contributed by atoms with Crippen LogP contribution in [0, 0.1) is 5.92 Å². The van der Waals surface area contributed by atoms with E-state index in [9.17, 15) is 9.90 Å². The number of carbonyl (C=O) groups excluding carboxylic acids is 1. The predicted octanol–water partition coefficient (Wildman–Crippen LogP) is 6.18. The summed E-state index contributed by atoms with van der Waals surface area (Å²) >= 11 is 0. The predicted molar refractivity (Wildman–Crippen MR) is 130 cm³/mol. The van der Waals surface area contributed by atoms with Gasteiger partial charge in [0, 0.05) is 13.0 Å². The lowest BCUT2D eigenvalue weighted by Crippen LogP contribution is -2.20. The maximum absolute atomic E-state index is 9.41. The number of ether oxygens (including phenoxy) is 3. The number of unbranched alkanes of at least 4 members (excludes halogenated alkanes) is 2. The number of allylic oxidation sites excluding steroid dienone is 1. The largest absolute Gasteiger partial charge is 0.495 e. The molecule has 0 aromatic heterocycles. The number of hydrogen-bond donors (Lipinski definition) is 1. The lowest BCUT2D eigenvalue weighted by Gasteiger charge is -2.27. The Hall–Kier alpha value is -2.11. The van der Waals surface area contributed by atoms with Crippen molar-refractivity contribution in [3.8, 4) is 5.75 Å². The average Bonchev–Trinajstić information content (AvgIpc) is 2.82. The van der Waals surface area contributed by atoms with Gasteiger partial charge in [0.25, 0.3) is 0 Å². The molecule has 0 amide bonds. The van der Waals surface area contributed by atoms with Gasteiger partial charge in [-0.3, -0.25) is 4.79 Å². The van der Waals surface area contributed by atoms with E-state index in [0.717, 1.165) is 36.4 Å². The van der Waals surface area contributed by atoms with Crippen molar-refractivity contribution >= 4 is 6.29 Å². The molecule has 32 heavy (non-hydrogen) atoms. The van der Waals surface area contributed by atoms with Gasteiger partial charge in [-0.2, -0.15) is 0 Å². The average molecular weight is 447 g/mol. The van der Waals surface area contributed by atoms with Gasteiger partial charge in [-0.25, -0.2) is 0 Å². The molecule has 1 saturated carbocycles. The van der Waals surface area contributed by atoms with Crippen molar-refractivity contribution in [2.75, 3.05) is 20.3 Å². The Kier molecular flexibility index (Phi) is 15.2. The van der Waals surface area contributed by atoms with Crippen LogP contribution in [0.4, 0.5) is 0 Å². The summed E-state index contributed by atoms with van der Waals surface area (Å²) in [6, 6.07) is 7.73. The quantitative estimate of drug-likeness (QED) is 0.170. The third-order valence-electron chi connectivity index (χ3n) is 5.68. The molecular weight excluding hydrogens is 404 g/mol. The number of hydrogen-bond acceptors (Lipinski definition) is 5. The van der Waals surface area contributed by atoms with Crippen LogP contribution in [-0.4, -0.2) is 37.8 Å². The Balaban J connectivity index is 0.000000920. The number of benzene rings is 1. The number of methoxy groups -OCH3 is 1. The summed E-state index contributed by atoms with van der Waals surface area (Å²) in [6.45, 7) is 7.81. The smallest absolute Gasteiger partial charge is 0.145 e. The lowest BCUT2D eigenvalue weighted by molar-refractivity contribution is -0.104. The van der Waals surface area contributed by atoms with Crippen LogP contribution in [0.1, 0.15) is 76.7 Å². The van der Waals surface area contributed by atoms with Crippen molar-refractivity contribution in [3.63, 3.8) is 0 Å². The highest BCUT2D eigenvalue weighted by atomic mass is 16.5. The minimum atomic E-state index is 0.0000236. The molecule has 0 radical (unpaired) electrons. The van der Waals surface area contributed by atoms with Crippen molar-refractivity contribution in [3.05, 3.63) is 54.5 Å². The Labute approximate surface area is 194 Å². The Bertz CT molecular complexity index is 645. The third kappa shape index (κ3) is 12.1. The molecule has 0 bridgehead atoms. The van der Waals surface area contributed by atoms with E-state index in [0.29, 0.717) is 18.3 Å². The Morgan fingerprint density at radius 1 is 1.16 bits per heavy atom. The van der Waals surface area contributed by atoms with Gasteiger partial charge in [-0.05, 0) is 61.8 Å². The normalized spacial score (nSPS) is 19.0. The maximum Gasteiger partial charge on any atom is 0.145 e. The Morgan fingerprint density at radius 2 is 1.81 bits per heavy atom. The van der Waals surface area contributed by atoms with Crippen molar-refractivity contribution in [2.45, 2.75) is 77.2 Å². The third-order valence-corrected chi connectivity index (χ3v) is 5.68. The zero-order valence-electron chi connectivity index (χ0n) is 20.1. The summed E-state index contributed by atoms with van der Waals surface area (Å²) in [7, 11) is 1.64. The van der Waals surface area contributed by atoms with Gasteiger partial charge in [0.05, 0.1) is 19.3 Å². The molecule has 0 spiro atoms.